The van der Waals surface area contributed by atoms with Gasteiger partial charge in [0.15, 0.2) is 0 Å². The Labute approximate surface area is 66.1 Å². The maximum Gasteiger partial charge on any atom is 0.0558 e. The second-order valence-electron chi connectivity index (χ2n) is 1.72. The molecular weight excluding hydrogens is 156 g/mol. The smallest absolute Gasteiger partial charge is 0.0558 e. The van der Waals surface area contributed by atoms with Crippen molar-refractivity contribution < 1.29 is 5.11 Å². The largest absolute Gasteiger partial charge is 0.577 e. The second kappa shape index (κ2) is 8.64. The maximum absolute atomic E-state index is 8.38. The molecule has 58 valence electrons. The first-order chi connectivity index (χ1) is 4.81. The standard InChI is InChI=1S/C5H12ClNO.H2P/c1-7(3-2-6)4-5-8;/h8H,2-5H2,1H3;1H2/q;-1/i;1D. The molecule has 0 aliphatic carbocycles. The van der Waals surface area contributed by atoms with E-state index in [1.807, 2.05) is 11.9 Å². The van der Waals surface area contributed by atoms with E-state index in [0.29, 0.717) is 12.4 Å². The van der Waals surface area contributed by atoms with Gasteiger partial charge in [-0.05, 0) is 7.05 Å². The van der Waals surface area contributed by atoms with Crippen LogP contribution in [0.25, 0.3) is 0 Å². The third-order valence-electron chi connectivity index (χ3n) is 0.948. The summed E-state index contributed by atoms with van der Waals surface area (Å²) in [6.07, 6.45) is 0. The van der Waals surface area contributed by atoms with Crippen LogP contribution in [-0.4, -0.2) is 43.9 Å². The monoisotopic (exact) mass is 171 g/mol. The van der Waals surface area contributed by atoms with E-state index in [1.165, 1.54) is 0 Å². The molecule has 1 N–H and O–H groups in total. The molecule has 4 heteroatoms. The number of nitrogens with zero attached hydrogens (tertiary/aromatic N) is 1. The summed E-state index contributed by atoms with van der Waals surface area (Å²) >= 11 is 5.41. The van der Waals surface area contributed by atoms with Crippen molar-refractivity contribution in [2.75, 3.05) is 32.6 Å². The van der Waals surface area contributed by atoms with E-state index in [1.54, 1.807) is 0 Å². The van der Waals surface area contributed by atoms with Crippen LogP contribution >= 0.6 is 21.4 Å². The van der Waals surface area contributed by atoms with Gasteiger partial charge in [0.05, 0.1) is 6.61 Å². The summed E-state index contributed by atoms with van der Waals surface area (Å²) in [5.74, 6) is 0.635. The van der Waals surface area contributed by atoms with Gasteiger partial charge in [0.1, 0.15) is 0 Å². The van der Waals surface area contributed by atoms with E-state index in [-0.39, 0.29) is 6.61 Å². The van der Waals surface area contributed by atoms with Crippen molar-refractivity contribution >= 4 is 21.4 Å². The average molecular weight is 172 g/mol. The number of likely N-dealkylation sites (N-methyl/N-ethyl adjacent to an activating group) is 1. The SMILES string of the molecule is CN(CCO)CCCl.[2H][PH-]. The highest BCUT2D eigenvalue weighted by molar-refractivity contribution is 6.92. The van der Waals surface area contributed by atoms with Gasteiger partial charge >= 0.3 is 0 Å². The lowest BCUT2D eigenvalue weighted by Gasteiger charge is -2.11. The first-order valence-electron chi connectivity index (χ1n) is 3.16. The molecule has 9 heavy (non-hydrogen) atoms. The number of rotatable bonds is 4. The molecule has 0 saturated carbocycles. The van der Waals surface area contributed by atoms with Crippen LogP contribution in [0.2, 0.25) is 0 Å². The van der Waals surface area contributed by atoms with E-state index < -0.39 is 0 Å². The van der Waals surface area contributed by atoms with Crippen molar-refractivity contribution in [1.29, 1.82) is 1.28 Å². The van der Waals surface area contributed by atoms with Gasteiger partial charge in [-0.3, -0.25) is 0 Å². The van der Waals surface area contributed by atoms with Crippen LogP contribution < -0.4 is 0 Å². The second-order valence-corrected chi connectivity index (χ2v) is 2.09. The molecule has 0 fully saturated rings. The average Bonchev–Trinajstić information content (AvgIpc) is 1.93. The fourth-order valence-electron chi connectivity index (χ4n) is 0.427. The Morgan fingerprint density at radius 2 is 2.22 bits per heavy atom. The highest BCUT2D eigenvalue weighted by Gasteiger charge is 1.91. The molecule has 0 aliphatic heterocycles. The molecular formula is C5H14ClNOP-. The molecule has 0 radical (unpaired) electrons. The number of aliphatic hydroxyl groups is 1. The van der Waals surface area contributed by atoms with E-state index in [4.69, 9.17) is 18.0 Å². The molecule has 0 heterocycles. The van der Waals surface area contributed by atoms with Crippen molar-refractivity contribution in [2.45, 2.75) is 0 Å². The van der Waals surface area contributed by atoms with Crippen LogP contribution in [-0.2, 0) is 0 Å². The lowest BCUT2D eigenvalue weighted by Crippen LogP contribution is -2.23. The van der Waals surface area contributed by atoms with Gasteiger partial charge in [0.25, 0.3) is 0 Å². The molecule has 0 amide bonds. The summed E-state index contributed by atoms with van der Waals surface area (Å²) < 4.78 is 5.56. The van der Waals surface area contributed by atoms with Gasteiger partial charge in [-0.15, -0.1) is 11.6 Å². The number of halogens is 1. The van der Waals surface area contributed by atoms with Gasteiger partial charge in [0, 0.05) is 19.0 Å². The lowest BCUT2D eigenvalue weighted by molar-refractivity contribution is 0.228. The lowest BCUT2D eigenvalue weighted by atomic mass is 10.5. The van der Waals surface area contributed by atoms with Crippen LogP contribution in [0.3, 0.4) is 0 Å². The zero-order valence-corrected chi connectivity index (χ0v) is 7.36. The molecule has 2 nitrogen and oxygen atoms in total. The summed E-state index contributed by atoms with van der Waals surface area (Å²) in [4.78, 5) is 1.98. The maximum atomic E-state index is 8.38. The quantitative estimate of drug-likeness (QED) is 0.491. The highest BCUT2D eigenvalue weighted by Crippen LogP contribution is 1.81. The van der Waals surface area contributed by atoms with Crippen LogP contribution in [0, 0.1) is 0 Å². The highest BCUT2D eigenvalue weighted by atomic mass is 35.5. The summed E-state index contributed by atoms with van der Waals surface area (Å²) in [6, 6.07) is 0. The minimum absolute atomic E-state index is 0.216. The minimum atomic E-state index is 0.216. The number of hydrogen-bond acceptors (Lipinski definition) is 2. The Morgan fingerprint density at radius 1 is 1.67 bits per heavy atom. The molecule has 0 aromatic rings. The molecule has 0 atom stereocenters. The number of hydrogen-bond donors (Lipinski definition) is 1. The summed E-state index contributed by atoms with van der Waals surface area (Å²) in [5.41, 5.74) is 0. The molecule has 0 aliphatic rings. The normalized spacial score (nSPS) is 10.1. The van der Waals surface area contributed by atoms with Crippen molar-refractivity contribution in [3.63, 3.8) is 0 Å². The van der Waals surface area contributed by atoms with Gasteiger partial charge in [-0.2, -0.15) is 0 Å². The van der Waals surface area contributed by atoms with Crippen LogP contribution in [0.5, 0.6) is 0 Å². The van der Waals surface area contributed by atoms with Gasteiger partial charge in [0.2, 0.25) is 0 Å². The van der Waals surface area contributed by atoms with E-state index in [0.717, 1.165) is 6.54 Å². The third-order valence-corrected chi connectivity index (χ3v) is 1.12. The van der Waals surface area contributed by atoms with Crippen LogP contribution in [0.15, 0.2) is 0 Å². The molecule has 0 aromatic carbocycles. The fraction of sp³-hybridized carbons (Fsp3) is 1.00. The molecule has 0 saturated heterocycles. The summed E-state index contributed by atoms with van der Waals surface area (Å²) in [7, 11) is 4.15. The zero-order valence-electron chi connectivity index (χ0n) is 6.60. The predicted molar refractivity (Wildman–Crippen MR) is 45.0 cm³/mol. The Morgan fingerprint density at radius 3 is 2.56 bits per heavy atom. The summed E-state index contributed by atoms with van der Waals surface area (Å²) in [5, 5.41) is 8.38. The fourth-order valence-corrected chi connectivity index (χ4v) is 0.715. The third kappa shape index (κ3) is 8.64. The van der Waals surface area contributed by atoms with Gasteiger partial charge in [-0.25, -0.2) is 1.28 Å². The Hall–Kier alpha value is 0.640. The topological polar surface area (TPSA) is 23.5 Å². The van der Waals surface area contributed by atoms with Crippen LogP contribution in [0.1, 0.15) is 0 Å². The van der Waals surface area contributed by atoms with Gasteiger partial charge < -0.3 is 19.9 Å². The first-order valence-corrected chi connectivity index (χ1v) is 3.20. The number of aliphatic hydroxyl groups excluding tert-OH is 1. The molecule has 0 spiro atoms. The van der Waals surface area contributed by atoms with E-state index >= 15 is 0 Å². The minimum Gasteiger partial charge on any atom is -0.577 e. The van der Waals surface area contributed by atoms with Gasteiger partial charge in [-0.1, -0.05) is 0 Å². The zero-order chi connectivity index (χ0) is 8.41. The van der Waals surface area contributed by atoms with Crippen molar-refractivity contribution in [1.82, 2.24) is 4.90 Å². The summed E-state index contributed by atoms with van der Waals surface area (Å²) in [6.45, 7) is 1.78. The van der Waals surface area contributed by atoms with Crippen molar-refractivity contribution in [2.24, 2.45) is 0 Å². The molecule has 0 rings (SSSR count). The molecule has 0 bridgehead atoms. The van der Waals surface area contributed by atoms with Crippen molar-refractivity contribution in [3.05, 3.63) is 0 Å². The van der Waals surface area contributed by atoms with Crippen molar-refractivity contribution in [3.8, 4) is 0 Å². The van der Waals surface area contributed by atoms with E-state index in [9.17, 15) is 0 Å². The first kappa shape index (κ1) is 9.64. The van der Waals surface area contributed by atoms with E-state index in [2.05, 4.69) is 9.84 Å². The Balaban J connectivity index is 0. The number of alkyl halides is 1. The molecule has 0 aromatic heterocycles. The Bertz CT molecular complexity index is 54.9. The predicted octanol–water partition coefficient (Wildman–Crippen LogP) is 0.475. The Kier molecular flexibility index (Phi) is 9.25. The molecule has 0 unspecified atom stereocenters. The van der Waals surface area contributed by atoms with Crippen LogP contribution in [0.4, 0.5) is 0 Å².